The highest BCUT2D eigenvalue weighted by molar-refractivity contribution is 5.47. The van der Waals surface area contributed by atoms with Gasteiger partial charge in [0.25, 0.3) is 0 Å². The maximum atomic E-state index is 12.4. The second-order valence-electron chi connectivity index (χ2n) is 5.33. The predicted molar refractivity (Wildman–Crippen MR) is 76.9 cm³/mol. The number of hydrogen-bond donors (Lipinski definition) is 2. The fourth-order valence-corrected chi connectivity index (χ4v) is 2.82. The van der Waals surface area contributed by atoms with Crippen LogP contribution in [-0.2, 0) is 0 Å². The van der Waals surface area contributed by atoms with Gasteiger partial charge in [0.1, 0.15) is 0 Å². The van der Waals surface area contributed by atoms with E-state index in [2.05, 4.69) is 15.0 Å². The molecule has 1 aliphatic rings. The van der Waals surface area contributed by atoms with Crippen molar-refractivity contribution in [3.8, 4) is 11.5 Å². The molecule has 1 heterocycles. The summed E-state index contributed by atoms with van der Waals surface area (Å²) in [6, 6.07) is 4.18. The molecular formula is C15H21F3N2O2. The van der Waals surface area contributed by atoms with Gasteiger partial charge in [0.15, 0.2) is 11.5 Å². The number of halogens is 3. The lowest BCUT2D eigenvalue weighted by atomic mass is 9.98. The minimum Gasteiger partial charge on any atom is -0.504 e. The number of benzene rings is 1. The second kappa shape index (κ2) is 7.19. The first-order valence-corrected chi connectivity index (χ1v) is 7.44. The third-order valence-corrected chi connectivity index (χ3v) is 3.77. The van der Waals surface area contributed by atoms with Gasteiger partial charge in [0, 0.05) is 37.8 Å². The van der Waals surface area contributed by atoms with E-state index in [1.165, 1.54) is 6.07 Å². The van der Waals surface area contributed by atoms with E-state index in [1.807, 2.05) is 6.92 Å². The topological polar surface area (TPSA) is 44.7 Å². The number of phenols is 1. The van der Waals surface area contributed by atoms with Gasteiger partial charge in [0.05, 0.1) is 0 Å². The van der Waals surface area contributed by atoms with Crippen LogP contribution < -0.4 is 10.1 Å². The number of rotatable bonds is 5. The number of phenolic OH excluding ortho intramolecular Hbond substituents is 1. The molecule has 4 nitrogen and oxygen atoms in total. The Morgan fingerprint density at radius 2 is 2.00 bits per heavy atom. The highest BCUT2D eigenvalue weighted by Gasteiger charge is 2.33. The van der Waals surface area contributed by atoms with Crippen molar-refractivity contribution in [1.82, 2.24) is 10.2 Å². The van der Waals surface area contributed by atoms with Crippen molar-refractivity contribution in [3.63, 3.8) is 0 Å². The Labute approximate surface area is 127 Å². The molecule has 7 heteroatoms. The minimum absolute atomic E-state index is 0.108. The normalized spacial score (nSPS) is 18.2. The number of ether oxygens (including phenoxy) is 1. The van der Waals surface area contributed by atoms with Crippen molar-refractivity contribution >= 4 is 0 Å². The van der Waals surface area contributed by atoms with E-state index in [-0.39, 0.29) is 6.04 Å². The smallest absolute Gasteiger partial charge is 0.504 e. The Morgan fingerprint density at radius 1 is 1.32 bits per heavy atom. The Balaban J connectivity index is 2.28. The van der Waals surface area contributed by atoms with Crippen molar-refractivity contribution in [3.05, 3.63) is 23.8 Å². The molecule has 124 valence electrons. The lowest BCUT2D eigenvalue weighted by molar-refractivity contribution is -0.275. The molecule has 1 aliphatic heterocycles. The largest absolute Gasteiger partial charge is 0.573 e. The standard InChI is InChI=1S/C15H21F3N2O2/c1-2-4-12(20-9-7-19-8-10-20)11-5-3-6-13(14(11)21)22-15(16,17)18/h3,5-6,12,19,21H,2,4,7-10H2,1H3/t12-/m1/s1. The first kappa shape index (κ1) is 16.9. The molecule has 0 aromatic heterocycles. The highest BCUT2D eigenvalue weighted by Crippen LogP contribution is 2.40. The molecule has 1 atom stereocenters. The van der Waals surface area contributed by atoms with E-state index in [0.717, 1.165) is 45.1 Å². The summed E-state index contributed by atoms with van der Waals surface area (Å²) in [7, 11) is 0. The molecule has 0 radical (unpaired) electrons. The molecule has 1 saturated heterocycles. The van der Waals surface area contributed by atoms with Crippen molar-refractivity contribution < 1.29 is 23.0 Å². The van der Waals surface area contributed by atoms with Crippen LogP contribution in [0.1, 0.15) is 31.4 Å². The van der Waals surface area contributed by atoms with E-state index in [9.17, 15) is 18.3 Å². The maximum Gasteiger partial charge on any atom is 0.573 e. The molecule has 0 unspecified atom stereocenters. The Hall–Kier alpha value is -1.47. The third-order valence-electron chi connectivity index (χ3n) is 3.77. The van der Waals surface area contributed by atoms with Crippen LogP contribution in [0.5, 0.6) is 11.5 Å². The summed E-state index contributed by atoms with van der Waals surface area (Å²) in [5.74, 6) is -0.960. The van der Waals surface area contributed by atoms with E-state index in [1.54, 1.807) is 6.07 Å². The van der Waals surface area contributed by atoms with Crippen LogP contribution in [0.25, 0.3) is 0 Å². The number of alkyl halides is 3. The predicted octanol–water partition coefficient (Wildman–Crippen LogP) is 3.04. The number of aromatic hydroxyl groups is 1. The van der Waals surface area contributed by atoms with Gasteiger partial charge in [-0.3, -0.25) is 4.90 Å². The van der Waals surface area contributed by atoms with Crippen molar-refractivity contribution in [2.75, 3.05) is 26.2 Å². The van der Waals surface area contributed by atoms with Gasteiger partial charge in [-0.15, -0.1) is 13.2 Å². The number of nitrogens with zero attached hydrogens (tertiary/aromatic N) is 1. The summed E-state index contributed by atoms with van der Waals surface area (Å²) in [6.07, 6.45) is -3.17. The van der Waals surface area contributed by atoms with Crippen LogP contribution >= 0.6 is 0 Å². The summed E-state index contributed by atoms with van der Waals surface area (Å²) in [5, 5.41) is 13.5. The molecule has 2 N–H and O–H groups in total. The van der Waals surface area contributed by atoms with Crippen molar-refractivity contribution in [2.24, 2.45) is 0 Å². The summed E-state index contributed by atoms with van der Waals surface area (Å²) >= 11 is 0. The van der Waals surface area contributed by atoms with Gasteiger partial charge in [-0.2, -0.15) is 0 Å². The lowest BCUT2D eigenvalue weighted by Crippen LogP contribution is -2.45. The van der Waals surface area contributed by atoms with Crippen LogP contribution in [-0.4, -0.2) is 42.5 Å². The second-order valence-corrected chi connectivity index (χ2v) is 5.33. The van der Waals surface area contributed by atoms with Crippen LogP contribution in [0.3, 0.4) is 0 Å². The average Bonchev–Trinajstić information content (AvgIpc) is 2.47. The van der Waals surface area contributed by atoms with Crippen LogP contribution in [0, 0.1) is 0 Å². The number of hydrogen-bond acceptors (Lipinski definition) is 4. The van der Waals surface area contributed by atoms with E-state index >= 15 is 0 Å². The van der Waals surface area contributed by atoms with Crippen LogP contribution in [0.4, 0.5) is 13.2 Å². The van der Waals surface area contributed by atoms with Gasteiger partial charge >= 0.3 is 6.36 Å². The Bertz CT molecular complexity index is 488. The molecule has 0 aliphatic carbocycles. The van der Waals surface area contributed by atoms with Gasteiger partial charge in [-0.25, -0.2) is 0 Å². The minimum atomic E-state index is -4.81. The van der Waals surface area contributed by atoms with Crippen molar-refractivity contribution in [2.45, 2.75) is 32.2 Å². The van der Waals surface area contributed by atoms with Gasteiger partial charge in [-0.1, -0.05) is 25.5 Å². The average molecular weight is 318 g/mol. The van der Waals surface area contributed by atoms with Gasteiger partial charge in [0.2, 0.25) is 0 Å². The number of para-hydroxylation sites is 1. The van der Waals surface area contributed by atoms with E-state index in [4.69, 9.17) is 0 Å². The monoisotopic (exact) mass is 318 g/mol. The first-order chi connectivity index (χ1) is 10.4. The van der Waals surface area contributed by atoms with Gasteiger partial charge in [-0.05, 0) is 12.5 Å². The third kappa shape index (κ3) is 4.27. The van der Waals surface area contributed by atoms with E-state index < -0.39 is 17.9 Å². The molecular weight excluding hydrogens is 297 g/mol. The highest BCUT2D eigenvalue weighted by atomic mass is 19.4. The summed E-state index contributed by atoms with van der Waals surface area (Å²) < 4.78 is 41.1. The summed E-state index contributed by atoms with van der Waals surface area (Å²) in [5.41, 5.74) is 0.491. The molecule has 1 fully saturated rings. The van der Waals surface area contributed by atoms with Gasteiger partial charge < -0.3 is 15.2 Å². The lowest BCUT2D eigenvalue weighted by Gasteiger charge is -2.35. The van der Waals surface area contributed by atoms with Crippen LogP contribution in [0.15, 0.2) is 18.2 Å². The summed E-state index contributed by atoms with van der Waals surface area (Å²) in [6.45, 7) is 5.28. The zero-order valence-electron chi connectivity index (χ0n) is 12.5. The van der Waals surface area contributed by atoms with E-state index in [0.29, 0.717) is 5.56 Å². The maximum absolute atomic E-state index is 12.4. The molecule has 0 saturated carbocycles. The zero-order valence-corrected chi connectivity index (χ0v) is 12.5. The van der Waals surface area contributed by atoms with Crippen molar-refractivity contribution in [1.29, 1.82) is 0 Å². The molecule has 2 rings (SSSR count). The Morgan fingerprint density at radius 3 is 2.59 bits per heavy atom. The molecule has 0 bridgehead atoms. The molecule has 0 spiro atoms. The SMILES string of the molecule is CCC[C@H](c1cccc(OC(F)(F)F)c1O)N1CCNCC1. The fourth-order valence-electron chi connectivity index (χ4n) is 2.82. The quantitative estimate of drug-likeness (QED) is 0.876. The Kier molecular flexibility index (Phi) is 5.52. The first-order valence-electron chi connectivity index (χ1n) is 7.44. The molecule has 1 aromatic carbocycles. The molecule has 22 heavy (non-hydrogen) atoms. The zero-order chi connectivity index (χ0) is 16.2. The number of nitrogens with one attached hydrogen (secondary N) is 1. The number of piperazine rings is 1. The molecule has 0 amide bonds. The van der Waals surface area contributed by atoms with Crippen LogP contribution in [0.2, 0.25) is 0 Å². The molecule has 1 aromatic rings. The fraction of sp³-hybridized carbons (Fsp3) is 0.600. The summed E-state index contributed by atoms with van der Waals surface area (Å²) in [4.78, 5) is 2.19.